The lowest BCUT2D eigenvalue weighted by Crippen LogP contribution is -1.87. The fraction of sp³-hybridized carbons (Fsp3) is 1.00. The number of hydrogen-bond donors (Lipinski definition) is 0. The van der Waals surface area contributed by atoms with E-state index >= 15 is 0 Å². The van der Waals surface area contributed by atoms with E-state index in [1.54, 1.807) is 0 Å². The van der Waals surface area contributed by atoms with E-state index in [0.29, 0.717) is 12.8 Å². The van der Waals surface area contributed by atoms with Gasteiger partial charge in [0.05, 0.1) is 6.67 Å². The standard InChI is InChI=1S/C5H9ClF2/c6-5(8)3-1-2-4-7/h5H,1-4H2. The summed E-state index contributed by atoms with van der Waals surface area (Å²) in [6, 6.07) is 0. The summed E-state index contributed by atoms with van der Waals surface area (Å²) >= 11 is 4.92. The average molecular weight is 143 g/mol. The van der Waals surface area contributed by atoms with Crippen LogP contribution in [0.2, 0.25) is 0 Å². The number of halogens is 3. The fourth-order valence-corrected chi connectivity index (χ4v) is 0.547. The molecule has 3 heteroatoms. The number of unbranched alkanes of at least 4 members (excludes halogenated alkanes) is 1. The zero-order valence-electron chi connectivity index (χ0n) is 4.54. The maximum atomic E-state index is 11.7. The van der Waals surface area contributed by atoms with Crippen molar-refractivity contribution in [3.63, 3.8) is 0 Å². The van der Waals surface area contributed by atoms with E-state index in [-0.39, 0.29) is 13.1 Å². The summed E-state index contributed by atoms with van der Waals surface area (Å²) in [6.07, 6.45) is 1.24. The van der Waals surface area contributed by atoms with Gasteiger partial charge in [-0.25, -0.2) is 4.39 Å². The van der Waals surface area contributed by atoms with E-state index in [2.05, 4.69) is 0 Å². The Labute approximate surface area is 52.8 Å². The van der Waals surface area contributed by atoms with Crippen LogP contribution >= 0.6 is 11.6 Å². The van der Waals surface area contributed by atoms with Gasteiger partial charge in [-0.15, -0.1) is 0 Å². The smallest absolute Gasteiger partial charge is 0.173 e. The predicted octanol–water partition coefficient (Wildman–Crippen LogP) is 2.66. The first-order valence-electron chi connectivity index (χ1n) is 2.61. The molecule has 0 heterocycles. The van der Waals surface area contributed by atoms with Gasteiger partial charge in [0.15, 0.2) is 5.63 Å². The van der Waals surface area contributed by atoms with Crippen LogP contribution in [-0.2, 0) is 0 Å². The first-order valence-corrected chi connectivity index (χ1v) is 3.05. The van der Waals surface area contributed by atoms with Crippen LogP contribution in [0.25, 0.3) is 0 Å². The quantitative estimate of drug-likeness (QED) is 0.418. The van der Waals surface area contributed by atoms with Gasteiger partial charge in [-0.3, -0.25) is 4.39 Å². The Hall–Kier alpha value is 0.150. The molecule has 0 fully saturated rings. The summed E-state index contributed by atoms with van der Waals surface area (Å²) in [4.78, 5) is 0. The monoisotopic (exact) mass is 142 g/mol. The largest absolute Gasteiger partial charge is 0.251 e. The summed E-state index contributed by atoms with van der Waals surface area (Å²) in [5.74, 6) is 0. The highest BCUT2D eigenvalue weighted by Gasteiger charge is 1.97. The molecule has 1 atom stereocenters. The summed E-state index contributed by atoms with van der Waals surface area (Å²) in [5.41, 5.74) is -1.29. The van der Waals surface area contributed by atoms with Crippen LogP contribution in [0.5, 0.6) is 0 Å². The summed E-state index contributed by atoms with van der Waals surface area (Å²) < 4.78 is 22.9. The van der Waals surface area contributed by atoms with Crippen molar-refractivity contribution in [1.82, 2.24) is 0 Å². The van der Waals surface area contributed by atoms with Crippen molar-refractivity contribution in [2.45, 2.75) is 24.9 Å². The third-order valence-corrected chi connectivity index (χ3v) is 1.02. The van der Waals surface area contributed by atoms with Gasteiger partial charge in [0, 0.05) is 0 Å². The van der Waals surface area contributed by atoms with Gasteiger partial charge in [-0.05, 0) is 19.3 Å². The van der Waals surface area contributed by atoms with Gasteiger partial charge >= 0.3 is 0 Å². The third kappa shape index (κ3) is 6.15. The van der Waals surface area contributed by atoms with E-state index in [1.165, 1.54) is 0 Å². The fourth-order valence-electron chi connectivity index (χ4n) is 0.393. The van der Waals surface area contributed by atoms with E-state index in [4.69, 9.17) is 11.6 Å². The predicted molar refractivity (Wildman–Crippen MR) is 30.6 cm³/mol. The molecule has 0 aliphatic carbocycles. The normalized spacial score (nSPS) is 13.9. The van der Waals surface area contributed by atoms with Crippen LogP contribution in [-0.4, -0.2) is 12.3 Å². The van der Waals surface area contributed by atoms with Crippen molar-refractivity contribution in [2.75, 3.05) is 6.67 Å². The summed E-state index contributed by atoms with van der Waals surface area (Å²) in [6.45, 7) is -0.371. The minimum atomic E-state index is -1.29. The maximum Gasteiger partial charge on any atom is 0.173 e. The van der Waals surface area contributed by atoms with Crippen LogP contribution in [0, 0.1) is 0 Å². The Morgan fingerprint density at radius 3 is 2.38 bits per heavy atom. The van der Waals surface area contributed by atoms with Gasteiger partial charge in [0.25, 0.3) is 0 Å². The molecule has 0 N–H and O–H groups in total. The molecule has 50 valence electrons. The van der Waals surface area contributed by atoms with Gasteiger partial charge in [0.2, 0.25) is 0 Å². The molecule has 0 radical (unpaired) electrons. The average Bonchev–Trinajstić information content (AvgIpc) is 1.66. The van der Waals surface area contributed by atoms with Crippen LogP contribution < -0.4 is 0 Å². The highest BCUT2D eigenvalue weighted by molar-refractivity contribution is 6.19. The van der Waals surface area contributed by atoms with Gasteiger partial charge < -0.3 is 0 Å². The summed E-state index contributed by atoms with van der Waals surface area (Å²) in [5, 5.41) is 0. The molecule has 0 bridgehead atoms. The maximum absolute atomic E-state index is 11.7. The second kappa shape index (κ2) is 5.29. The molecule has 0 aliphatic rings. The first-order chi connectivity index (χ1) is 3.77. The second-order valence-electron chi connectivity index (χ2n) is 1.58. The molecule has 0 aliphatic heterocycles. The van der Waals surface area contributed by atoms with E-state index < -0.39 is 5.63 Å². The molecule has 0 saturated heterocycles. The minimum absolute atomic E-state index is 0.269. The van der Waals surface area contributed by atoms with Gasteiger partial charge in [0.1, 0.15) is 0 Å². The molecule has 0 nitrogen and oxygen atoms in total. The molecular weight excluding hydrogens is 134 g/mol. The Bertz CT molecular complexity index is 47.7. The Morgan fingerprint density at radius 1 is 1.38 bits per heavy atom. The number of alkyl halides is 3. The number of hydrogen-bond acceptors (Lipinski definition) is 0. The minimum Gasteiger partial charge on any atom is -0.251 e. The molecule has 1 unspecified atom stereocenters. The summed E-state index contributed by atoms with van der Waals surface area (Å²) in [7, 11) is 0. The number of rotatable bonds is 4. The highest BCUT2D eigenvalue weighted by Crippen LogP contribution is 2.07. The Kier molecular flexibility index (Phi) is 5.39. The molecule has 0 aromatic rings. The molecule has 0 saturated carbocycles. The van der Waals surface area contributed by atoms with E-state index in [9.17, 15) is 8.78 Å². The highest BCUT2D eigenvalue weighted by atomic mass is 35.5. The SMILES string of the molecule is FCCCCC(F)Cl. The lowest BCUT2D eigenvalue weighted by molar-refractivity contribution is 0.387. The molecular formula is C5H9ClF2. The molecule has 0 aromatic heterocycles. The van der Waals surface area contributed by atoms with Crippen molar-refractivity contribution in [1.29, 1.82) is 0 Å². The lowest BCUT2D eigenvalue weighted by Gasteiger charge is -1.94. The van der Waals surface area contributed by atoms with E-state index in [1.807, 2.05) is 0 Å². The molecule has 0 amide bonds. The molecule has 0 rings (SSSR count). The van der Waals surface area contributed by atoms with Gasteiger partial charge in [-0.2, -0.15) is 0 Å². The zero-order chi connectivity index (χ0) is 6.41. The molecule has 0 aromatic carbocycles. The van der Waals surface area contributed by atoms with E-state index in [0.717, 1.165) is 0 Å². The van der Waals surface area contributed by atoms with Crippen LogP contribution in [0.15, 0.2) is 0 Å². The van der Waals surface area contributed by atoms with Crippen molar-refractivity contribution >= 4 is 11.6 Å². The third-order valence-electron chi connectivity index (χ3n) is 0.806. The van der Waals surface area contributed by atoms with Crippen molar-refractivity contribution in [2.24, 2.45) is 0 Å². The van der Waals surface area contributed by atoms with Crippen LogP contribution in [0.3, 0.4) is 0 Å². The van der Waals surface area contributed by atoms with Crippen LogP contribution in [0.4, 0.5) is 8.78 Å². The Morgan fingerprint density at radius 2 is 2.00 bits per heavy atom. The van der Waals surface area contributed by atoms with Crippen molar-refractivity contribution in [3.8, 4) is 0 Å². The molecule has 0 spiro atoms. The van der Waals surface area contributed by atoms with Crippen molar-refractivity contribution < 1.29 is 8.78 Å². The topological polar surface area (TPSA) is 0 Å². The second-order valence-corrected chi connectivity index (χ2v) is 2.05. The molecule has 8 heavy (non-hydrogen) atoms. The van der Waals surface area contributed by atoms with Crippen LogP contribution in [0.1, 0.15) is 19.3 Å². The Balaban J connectivity index is 2.72. The lowest BCUT2D eigenvalue weighted by atomic mass is 10.3. The zero-order valence-corrected chi connectivity index (χ0v) is 5.30. The van der Waals surface area contributed by atoms with Crippen molar-refractivity contribution in [3.05, 3.63) is 0 Å². The first kappa shape index (κ1) is 8.15. The van der Waals surface area contributed by atoms with Gasteiger partial charge in [-0.1, -0.05) is 11.6 Å².